The molecule has 2 aromatic heterocycles. The van der Waals surface area contributed by atoms with Crippen LogP contribution in [0.25, 0.3) is 22.8 Å². The van der Waals surface area contributed by atoms with Gasteiger partial charge in [-0.3, -0.25) is 14.9 Å². The van der Waals surface area contributed by atoms with Crippen molar-refractivity contribution in [3.63, 3.8) is 0 Å². The van der Waals surface area contributed by atoms with Crippen LogP contribution in [0, 0.1) is 15.9 Å². The minimum absolute atomic E-state index is 0.0612. The second-order valence-electron chi connectivity index (χ2n) is 6.60. The summed E-state index contributed by atoms with van der Waals surface area (Å²) in [5, 5.41) is 26.8. The molecule has 0 saturated heterocycles. The van der Waals surface area contributed by atoms with Gasteiger partial charge in [-0.1, -0.05) is 23.9 Å². The number of nitro groups is 1. The van der Waals surface area contributed by atoms with Gasteiger partial charge in [0.15, 0.2) is 17.6 Å². The fourth-order valence-electron chi connectivity index (χ4n) is 2.78. The van der Waals surface area contributed by atoms with Crippen molar-refractivity contribution >= 4 is 23.4 Å². The molecule has 0 aliphatic carbocycles. The molecule has 0 N–H and O–H groups in total. The maximum atomic E-state index is 14.0. The van der Waals surface area contributed by atoms with Gasteiger partial charge in [0.05, 0.1) is 16.2 Å². The van der Waals surface area contributed by atoms with E-state index in [1.165, 1.54) is 30.3 Å². The molecule has 13 heteroatoms. The number of non-ortho nitro benzene ring substituents is 1. The summed E-state index contributed by atoms with van der Waals surface area (Å²) in [6.07, 6.45) is 0. The summed E-state index contributed by atoms with van der Waals surface area (Å²) in [7, 11) is 1.67. The molecule has 4 rings (SSSR count). The maximum absolute atomic E-state index is 14.0. The van der Waals surface area contributed by atoms with Crippen molar-refractivity contribution in [2.24, 2.45) is 7.05 Å². The Bertz CT molecular complexity index is 1310. The predicted molar refractivity (Wildman–Crippen MR) is 113 cm³/mol. The third kappa shape index (κ3) is 5.03. The number of carbonyl (C=O) groups excluding carboxylic acids is 1. The minimum atomic E-state index is -0.550. The summed E-state index contributed by atoms with van der Waals surface area (Å²) >= 11 is 1.09. The quantitative estimate of drug-likeness (QED) is 0.163. The van der Waals surface area contributed by atoms with E-state index in [1.54, 1.807) is 29.8 Å². The fraction of sp³-hybridized carbons (Fsp3) is 0.150. The molecule has 2 heterocycles. The molecule has 0 spiro atoms. The van der Waals surface area contributed by atoms with Gasteiger partial charge in [0.1, 0.15) is 5.82 Å². The van der Waals surface area contributed by atoms with Crippen molar-refractivity contribution in [2.75, 3.05) is 5.75 Å². The first-order valence-corrected chi connectivity index (χ1v) is 10.4. The molecule has 0 amide bonds. The number of aromatic nitrogens is 5. The molecule has 0 fully saturated rings. The third-order valence-electron chi connectivity index (χ3n) is 4.42. The van der Waals surface area contributed by atoms with E-state index in [9.17, 15) is 19.3 Å². The number of ether oxygens (including phenoxy) is 1. The van der Waals surface area contributed by atoms with Crippen LogP contribution in [0.1, 0.15) is 5.89 Å². The summed E-state index contributed by atoms with van der Waals surface area (Å²) in [4.78, 5) is 22.3. The maximum Gasteiger partial charge on any atom is 0.316 e. The first kappa shape index (κ1) is 22.1. The molecular formula is C20H15FN6O5S. The number of benzene rings is 2. The van der Waals surface area contributed by atoms with Gasteiger partial charge in [-0.25, -0.2) is 4.39 Å². The van der Waals surface area contributed by atoms with Gasteiger partial charge in [0, 0.05) is 24.7 Å². The number of rotatable bonds is 8. The summed E-state index contributed by atoms with van der Waals surface area (Å²) in [6.45, 7) is -0.237. The van der Waals surface area contributed by atoms with E-state index < -0.39 is 16.7 Å². The summed E-state index contributed by atoms with van der Waals surface area (Å²) < 4.78 is 26.1. The zero-order valence-corrected chi connectivity index (χ0v) is 17.9. The van der Waals surface area contributed by atoms with Crippen LogP contribution in [0.3, 0.4) is 0 Å². The second-order valence-corrected chi connectivity index (χ2v) is 7.54. The van der Waals surface area contributed by atoms with Gasteiger partial charge in [-0.05, 0) is 24.3 Å². The Hall–Kier alpha value is -4.13. The Labute approximate surface area is 189 Å². The molecule has 168 valence electrons. The molecule has 0 aliphatic heterocycles. The monoisotopic (exact) mass is 470 g/mol. The van der Waals surface area contributed by atoms with Crippen LogP contribution in [0.2, 0.25) is 0 Å². The van der Waals surface area contributed by atoms with Crippen LogP contribution in [0.4, 0.5) is 10.1 Å². The van der Waals surface area contributed by atoms with Crippen molar-refractivity contribution < 1.29 is 23.3 Å². The standard InChI is InChI=1S/C20H15FN6O5S/c1-26-18(14-4-2-3-5-15(14)21)23-25-20(26)33-11-17(28)31-10-16-22-24-19(32-16)12-6-8-13(9-7-12)27(29)30/h2-9H,10-11H2,1H3. The normalized spacial score (nSPS) is 10.8. The highest BCUT2D eigenvalue weighted by molar-refractivity contribution is 7.99. The average Bonchev–Trinajstić information content (AvgIpc) is 3.43. The first-order chi connectivity index (χ1) is 15.9. The minimum Gasteiger partial charge on any atom is -0.455 e. The predicted octanol–water partition coefficient (Wildman–Crippen LogP) is 3.41. The van der Waals surface area contributed by atoms with Gasteiger partial charge in [-0.2, -0.15) is 0 Å². The highest BCUT2D eigenvalue weighted by Crippen LogP contribution is 2.25. The molecule has 4 aromatic rings. The Morgan fingerprint density at radius 2 is 1.91 bits per heavy atom. The number of esters is 1. The number of hydrogen-bond acceptors (Lipinski definition) is 10. The largest absolute Gasteiger partial charge is 0.455 e. The second kappa shape index (κ2) is 9.56. The van der Waals surface area contributed by atoms with Crippen LogP contribution in [-0.2, 0) is 23.2 Å². The summed E-state index contributed by atoms with van der Waals surface area (Å²) in [5.41, 5.74) is 0.741. The fourth-order valence-corrected chi connectivity index (χ4v) is 3.49. The number of nitrogens with zero attached hydrogens (tertiary/aromatic N) is 6. The molecule has 0 saturated carbocycles. The van der Waals surface area contributed by atoms with Gasteiger partial charge < -0.3 is 13.7 Å². The Kier molecular flexibility index (Phi) is 6.40. The lowest BCUT2D eigenvalue weighted by Gasteiger charge is -2.05. The number of halogens is 1. The van der Waals surface area contributed by atoms with E-state index in [2.05, 4.69) is 20.4 Å². The van der Waals surface area contributed by atoms with E-state index in [0.717, 1.165) is 11.8 Å². The Morgan fingerprint density at radius 1 is 1.15 bits per heavy atom. The molecule has 33 heavy (non-hydrogen) atoms. The first-order valence-electron chi connectivity index (χ1n) is 9.42. The van der Waals surface area contributed by atoms with Crippen LogP contribution < -0.4 is 0 Å². The topological polar surface area (TPSA) is 139 Å². The number of carbonyl (C=O) groups is 1. The number of thioether (sulfide) groups is 1. The molecule has 0 radical (unpaired) electrons. The van der Waals surface area contributed by atoms with Crippen LogP contribution >= 0.6 is 11.8 Å². The molecular weight excluding hydrogens is 455 g/mol. The molecule has 2 aromatic carbocycles. The Balaban J connectivity index is 1.31. The lowest BCUT2D eigenvalue weighted by atomic mass is 10.2. The van der Waals surface area contributed by atoms with Crippen LogP contribution in [0.5, 0.6) is 0 Å². The molecule has 0 atom stereocenters. The molecule has 0 unspecified atom stereocenters. The zero-order chi connectivity index (χ0) is 23.4. The summed E-state index contributed by atoms with van der Waals surface area (Å²) in [6, 6.07) is 11.8. The van der Waals surface area contributed by atoms with Crippen LogP contribution in [0.15, 0.2) is 58.1 Å². The van der Waals surface area contributed by atoms with E-state index >= 15 is 0 Å². The average molecular weight is 470 g/mol. The number of hydrogen-bond donors (Lipinski definition) is 0. The van der Waals surface area contributed by atoms with Gasteiger partial charge >= 0.3 is 5.97 Å². The molecule has 0 aliphatic rings. The molecule has 11 nitrogen and oxygen atoms in total. The number of nitro benzene ring substituents is 1. The highest BCUT2D eigenvalue weighted by atomic mass is 32.2. The van der Waals surface area contributed by atoms with Crippen molar-refractivity contribution in [3.05, 3.63) is 70.4 Å². The van der Waals surface area contributed by atoms with Crippen molar-refractivity contribution in [3.8, 4) is 22.8 Å². The SMILES string of the molecule is Cn1c(SCC(=O)OCc2nnc(-c3ccc([N+](=O)[O-])cc3)o2)nnc1-c1ccccc1F. The van der Waals surface area contributed by atoms with Gasteiger partial charge in [0.25, 0.3) is 11.6 Å². The lowest BCUT2D eigenvalue weighted by molar-refractivity contribution is -0.384. The van der Waals surface area contributed by atoms with E-state index in [-0.39, 0.29) is 29.8 Å². The van der Waals surface area contributed by atoms with Crippen molar-refractivity contribution in [1.29, 1.82) is 0 Å². The Morgan fingerprint density at radius 3 is 2.64 bits per heavy atom. The zero-order valence-electron chi connectivity index (χ0n) is 17.0. The van der Waals surface area contributed by atoms with Gasteiger partial charge in [-0.15, -0.1) is 20.4 Å². The van der Waals surface area contributed by atoms with Crippen molar-refractivity contribution in [1.82, 2.24) is 25.0 Å². The van der Waals surface area contributed by atoms with Crippen LogP contribution in [-0.4, -0.2) is 41.6 Å². The van der Waals surface area contributed by atoms with Gasteiger partial charge in [0.2, 0.25) is 5.89 Å². The van der Waals surface area contributed by atoms with E-state index in [1.807, 2.05) is 0 Å². The summed E-state index contributed by atoms with van der Waals surface area (Å²) in [5.74, 6) is -0.477. The molecule has 0 bridgehead atoms. The smallest absolute Gasteiger partial charge is 0.316 e. The lowest BCUT2D eigenvalue weighted by Crippen LogP contribution is -2.08. The third-order valence-corrected chi connectivity index (χ3v) is 5.41. The van der Waals surface area contributed by atoms with E-state index in [0.29, 0.717) is 22.1 Å². The van der Waals surface area contributed by atoms with E-state index in [4.69, 9.17) is 9.15 Å². The van der Waals surface area contributed by atoms with Crippen molar-refractivity contribution in [2.45, 2.75) is 11.8 Å². The highest BCUT2D eigenvalue weighted by Gasteiger charge is 2.17.